The van der Waals surface area contributed by atoms with Gasteiger partial charge in [0, 0.05) is 30.0 Å². The number of amides is 1. The Balaban J connectivity index is 1.70. The molecule has 27 heavy (non-hydrogen) atoms. The van der Waals surface area contributed by atoms with Crippen LogP contribution in [0.2, 0.25) is 5.02 Å². The van der Waals surface area contributed by atoms with Crippen LogP contribution in [-0.4, -0.2) is 33.6 Å². The number of nitrogens with one attached hydrogen (secondary N) is 1. The van der Waals surface area contributed by atoms with E-state index in [1.54, 1.807) is 17.5 Å². The molecule has 0 spiro atoms. The Morgan fingerprint density at radius 1 is 1.15 bits per heavy atom. The Bertz CT molecular complexity index is 941. The van der Waals surface area contributed by atoms with Gasteiger partial charge in [-0.3, -0.25) is 14.8 Å². The van der Waals surface area contributed by atoms with Crippen molar-refractivity contribution >= 4 is 28.8 Å². The van der Waals surface area contributed by atoms with Crippen LogP contribution in [-0.2, 0) is 0 Å². The van der Waals surface area contributed by atoms with Crippen LogP contribution in [0.1, 0.15) is 35.3 Å². The zero-order valence-corrected chi connectivity index (χ0v) is 16.7. The lowest BCUT2D eigenvalue weighted by atomic mass is 10.2. The van der Waals surface area contributed by atoms with Crippen molar-refractivity contribution in [2.75, 3.05) is 13.1 Å². The average molecular weight is 401 g/mol. The molecule has 5 nitrogen and oxygen atoms in total. The first-order valence-electron chi connectivity index (χ1n) is 9.07. The molecular formula is C20H21ClN4OS. The second kappa shape index (κ2) is 7.84. The number of carbonyl (C=O) groups is 1. The highest BCUT2D eigenvalue weighted by atomic mass is 35.5. The van der Waals surface area contributed by atoms with Gasteiger partial charge in [0.15, 0.2) is 5.82 Å². The van der Waals surface area contributed by atoms with Crippen LogP contribution in [0.4, 0.5) is 0 Å². The number of aromatic nitrogens is 2. The quantitative estimate of drug-likeness (QED) is 0.690. The summed E-state index contributed by atoms with van der Waals surface area (Å²) >= 11 is 7.66. The van der Waals surface area contributed by atoms with E-state index in [2.05, 4.69) is 23.4 Å². The molecule has 0 aliphatic carbocycles. The summed E-state index contributed by atoms with van der Waals surface area (Å²) in [6, 6.07) is 9.62. The molecule has 7 heteroatoms. The Morgan fingerprint density at radius 2 is 1.89 bits per heavy atom. The number of hydrogen-bond acceptors (Lipinski definition) is 4. The van der Waals surface area contributed by atoms with Crippen LogP contribution in [0.5, 0.6) is 0 Å². The molecule has 0 atom stereocenters. The highest BCUT2D eigenvalue weighted by Gasteiger charge is 2.21. The normalized spacial score (nSPS) is 15.0. The maximum absolute atomic E-state index is 12.8. The number of aryl methyl sites for hydroxylation is 1. The van der Waals surface area contributed by atoms with Crippen LogP contribution in [0, 0.1) is 6.92 Å². The van der Waals surface area contributed by atoms with Crippen molar-refractivity contribution in [3.8, 4) is 16.4 Å². The van der Waals surface area contributed by atoms with Gasteiger partial charge in [-0.2, -0.15) is 0 Å². The van der Waals surface area contributed by atoms with Crippen molar-refractivity contribution in [3.05, 3.63) is 58.2 Å². The van der Waals surface area contributed by atoms with Gasteiger partial charge in [-0.1, -0.05) is 18.0 Å². The summed E-state index contributed by atoms with van der Waals surface area (Å²) in [5.41, 5.74) is 5.48. The third-order valence-corrected chi connectivity index (χ3v) is 5.99. The summed E-state index contributed by atoms with van der Waals surface area (Å²) in [6.45, 7) is 3.83. The lowest BCUT2D eigenvalue weighted by Crippen LogP contribution is -2.45. The monoisotopic (exact) mass is 400 g/mol. The molecule has 3 aromatic rings. The number of halogens is 1. The van der Waals surface area contributed by atoms with E-state index < -0.39 is 0 Å². The molecule has 4 rings (SSSR count). The van der Waals surface area contributed by atoms with Crippen LogP contribution in [0.25, 0.3) is 16.4 Å². The molecule has 2 aromatic heterocycles. The summed E-state index contributed by atoms with van der Waals surface area (Å²) in [6.07, 6.45) is 5.24. The number of thiophene rings is 1. The molecule has 1 amide bonds. The number of benzene rings is 1. The Labute approximate surface area is 167 Å². The van der Waals surface area contributed by atoms with Gasteiger partial charge in [-0.05, 0) is 61.0 Å². The van der Waals surface area contributed by atoms with Gasteiger partial charge in [0.2, 0.25) is 0 Å². The molecule has 1 aromatic carbocycles. The van der Waals surface area contributed by atoms with Crippen molar-refractivity contribution in [1.29, 1.82) is 0 Å². The van der Waals surface area contributed by atoms with Crippen molar-refractivity contribution in [3.63, 3.8) is 0 Å². The molecule has 0 radical (unpaired) electrons. The third-order valence-electron chi connectivity index (χ3n) is 4.72. The van der Waals surface area contributed by atoms with Gasteiger partial charge < -0.3 is 0 Å². The fourth-order valence-electron chi connectivity index (χ4n) is 3.26. The summed E-state index contributed by atoms with van der Waals surface area (Å²) in [4.78, 5) is 18.5. The molecule has 0 saturated carbocycles. The first kappa shape index (κ1) is 18.2. The lowest BCUT2D eigenvalue weighted by molar-refractivity contribution is 0.0745. The average Bonchev–Trinajstić information content (AvgIpc) is 3.29. The lowest BCUT2D eigenvalue weighted by Gasteiger charge is -2.26. The van der Waals surface area contributed by atoms with Gasteiger partial charge in [0.25, 0.3) is 5.91 Å². The van der Waals surface area contributed by atoms with E-state index in [0.29, 0.717) is 10.7 Å². The Kier molecular flexibility index (Phi) is 5.29. The number of imidazole rings is 1. The Morgan fingerprint density at radius 3 is 2.56 bits per heavy atom. The SMILES string of the molecule is Cc1ccsc1-c1nc(C(=O)NN2CCCCC2)cn1-c1ccc(Cl)cc1. The second-order valence-electron chi connectivity index (χ2n) is 6.72. The fraction of sp³-hybridized carbons (Fsp3) is 0.300. The molecule has 0 unspecified atom stereocenters. The maximum atomic E-state index is 12.8. The van der Waals surface area contributed by atoms with Gasteiger partial charge in [-0.25, -0.2) is 9.99 Å². The number of piperidine rings is 1. The minimum Gasteiger partial charge on any atom is -0.298 e. The topological polar surface area (TPSA) is 50.2 Å². The zero-order valence-electron chi connectivity index (χ0n) is 15.1. The van der Waals surface area contributed by atoms with E-state index in [9.17, 15) is 4.79 Å². The van der Waals surface area contributed by atoms with Crippen LogP contribution >= 0.6 is 22.9 Å². The van der Waals surface area contributed by atoms with Crippen molar-refractivity contribution < 1.29 is 4.79 Å². The summed E-state index contributed by atoms with van der Waals surface area (Å²) in [5.74, 6) is 0.605. The molecule has 1 aliphatic heterocycles. The van der Waals surface area contributed by atoms with Crippen LogP contribution in [0.15, 0.2) is 41.9 Å². The van der Waals surface area contributed by atoms with Crippen molar-refractivity contribution in [1.82, 2.24) is 20.0 Å². The van der Waals surface area contributed by atoms with E-state index in [1.807, 2.05) is 39.2 Å². The molecule has 3 heterocycles. The zero-order chi connectivity index (χ0) is 18.8. The molecule has 1 fully saturated rings. The first-order chi connectivity index (χ1) is 13.1. The van der Waals surface area contributed by atoms with Gasteiger partial charge >= 0.3 is 0 Å². The van der Waals surface area contributed by atoms with Crippen molar-refractivity contribution in [2.45, 2.75) is 26.2 Å². The predicted octanol–water partition coefficient (Wildman–Crippen LogP) is 4.69. The minimum absolute atomic E-state index is 0.167. The fourth-order valence-corrected chi connectivity index (χ4v) is 4.29. The van der Waals surface area contributed by atoms with Gasteiger partial charge in [0.05, 0.1) is 4.88 Å². The van der Waals surface area contributed by atoms with Gasteiger partial charge in [0.1, 0.15) is 5.69 Å². The van der Waals surface area contributed by atoms with Crippen molar-refractivity contribution in [2.24, 2.45) is 0 Å². The highest BCUT2D eigenvalue weighted by molar-refractivity contribution is 7.13. The highest BCUT2D eigenvalue weighted by Crippen LogP contribution is 2.31. The number of rotatable bonds is 4. The molecule has 140 valence electrons. The molecule has 1 N–H and O–H groups in total. The van der Waals surface area contributed by atoms with E-state index >= 15 is 0 Å². The number of hydrogen-bond donors (Lipinski definition) is 1. The maximum Gasteiger partial charge on any atom is 0.285 e. The third kappa shape index (κ3) is 3.93. The minimum atomic E-state index is -0.167. The molecule has 0 bridgehead atoms. The second-order valence-corrected chi connectivity index (χ2v) is 8.07. The van der Waals surface area contributed by atoms with Gasteiger partial charge in [-0.15, -0.1) is 11.3 Å². The summed E-state index contributed by atoms with van der Waals surface area (Å²) in [7, 11) is 0. The largest absolute Gasteiger partial charge is 0.298 e. The standard InChI is InChI=1S/C20H21ClN4OS/c1-14-9-12-27-18(14)19-22-17(20(26)23-24-10-3-2-4-11-24)13-25(19)16-7-5-15(21)6-8-16/h5-9,12-13H,2-4,10-11H2,1H3,(H,23,26). The van der Waals surface area contributed by atoms with E-state index in [0.717, 1.165) is 47.9 Å². The summed E-state index contributed by atoms with van der Waals surface area (Å²) in [5, 5.41) is 4.71. The first-order valence-corrected chi connectivity index (χ1v) is 10.3. The summed E-state index contributed by atoms with van der Waals surface area (Å²) < 4.78 is 1.96. The van der Waals surface area contributed by atoms with E-state index in [-0.39, 0.29) is 5.91 Å². The molecular weight excluding hydrogens is 380 g/mol. The molecule has 1 aliphatic rings. The van der Waals surface area contributed by atoms with E-state index in [1.165, 1.54) is 6.42 Å². The smallest absolute Gasteiger partial charge is 0.285 e. The Hall–Kier alpha value is -2.15. The predicted molar refractivity (Wildman–Crippen MR) is 110 cm³/mol. The number of hydrazine groups is 1. The molecule has 1 saturated heterocycles. The number of nitrogens with zero attached hydrogens (tertiary/aromatic N) is 3. The number of carbonyl (C=O) groups excluding carboxylic acids is 1. The van der Waals surface area contributed by atoms with E-state index in [4.69, 9.17) is 11.6 Å². The van der Waals surface area contributed by atoms with Crippen LogP contribution < -0.4 is 5.43 Å². The van der Waals surface area contributed by atoms with Crippen LogP contribution in [0.3, 0.4) is 0 Å².